The van der Waals surface area contributed by atoms with Gasteiger partial charge in [-0.15, -0.1) is 22.7 Å². The monoisotopic (exact) mass is 381 g/mol. The van der Waals surface area contributed by atoms with Crippen LogP contribution in [0.15, 0.2) is 34.0 Å². The molecule has 0 spiro atoms. The molecule has 3 rings (SSSR count). The lowest BCUT2D eigenvalue weighted by Gasteiger charge is -2.13. The first kappa shape index (κ1) is 16.3. The molecule has 0 aromatic carbocycles. The number of thiazole rings is 1. The van der Waals surface area contributed by atoms with Gasteiger partial charge in [0, 0.05) is 29.4 Å². The van der Waals surface area contributed by atoms with Crippen LogP contribution in [0.2, 0.25) is 0 Å². The Kier molecular flexibility index (Phi) is 5.21. The van der Waals surface area contributed by atoms with Crippen LogP contribution >= 0.6 is 46.7 Å². The van der Waals surface area contributed by atoms with E-state index in [-0.39, 0.29) is 24.8 Å². The summed E-state index contributed by atoms with van der Waals surface area (Å²) in [6.07, 6.45) is 3.63. The zero-order valence-electron chi connectivity index (χ0n) is 11.7. The molecule has 1 N–H and O–H groups in total. The number of hydrogen-bond acceptors (Lipinski definition) is 7. The minimum absolute atomic E-state index is 0.143. The van der Waals surface area contributed by atoms with Crippen LogP contribution in [0, 0.1) is 0 Å². The zero-order chi connectivity index (χ0) is 16.2. The van der Waals surface area contributed by atoms with Crippen LogP contribution in [-0.4, -0.2) is 32.6 Å². The van der Waals surface area contributed by atoms with E-state index in [4.69, 9.17) is 12.2 Å². The maximum atomic E-state index is 12.4. The molecule has 2 aromatic rings. The molecular weight excluding hydrogens is 370 g/mol. The van der Waals surface area contributed by atoms with E-state index in [9.17, 15) is 9.59 Å². The Balaban J connectivity index is 1.59. The Labute approximate surface area is 150 Å². The van der Waals surface area contributed by atoms with Crippen molar-refractivity contribution in [2.24, 2.45) is 0 Å². The van der Waals surface area contributed by atoms with Gasteiger partial charge in [-0.3, -0.25) is 14.5 Å². The molecule has 9 heteroatoms. The van der Waals surface area contributed by atoms with Gasteiger partial charge >= 0.3 is 0 Å². The Morgan fingerprint density at radius 3 is 2.96 bits per heavy atom. The predicted molar refractivity (Wildman–Crippen MR) is 99.6 cm³/mol. The molecule has 0 saturated carbocycles. The normalized spacial score (nSPS) is 16.3. The molecule has 2 aromatic heterocycles. The molecule has 0 atom stereocenters. The van der Waals surface area contributed by atoms with E-state index in [1.165, 1.54) is 28.0 Å². The van der Waals surface area contributed by atoms with Crippen LogP contribution < -0.4 is 5.32 Å². The molecule has 0 aliphatic carbocycles. The second-order valence-electron chi connectivity index (χ2n) is 4.48. The van der Waals surface area contributed by atoms with E-state index in [0.29, 0.717) is 14.4 Å². The number of hydrogen-bond donors (Lipinski definition) is 1. The van der Waals surface area contributed by atoms with Crippen LogP contribution in [0.25, 0.3) is 6.08 Å². The first-order valence-electron chi connectivity index (χ1n) is 6.62. The number of thiophene rings is 1. The maximum Gasteiger partial charge on any atom is 0.266 e. The van der Waals surface area contributed by atoms with Crippen molar-refractivity contribution in [3.63, 3.8) is 0 Å². The topological polar surface area (TPSA) is 62.3 Å². The number of rotatable bonds is 5. The fraction of sp³-hybridized carbons (Fsp3) is 0.143. The van der Waals surface area contributed by atoms with Crippen molar-refractivity contribution in [2.75, 3.05) is 11.9 Å². The van der Waals surface area contributed by atoms with Crippen LogP contribution in [-0.2, 0) is 9.59 Å². The highest BCUT2D eigenvalue weighted by atomic mass is 32.2. The molecule has 1 fully saturated rings. The van der Waals surface area contributed by atoms with Crippen LogP contribution in [0.3, 0.4) is 0 Å². The average Bonchev–Trinajstić information content (AvgIpc) is 3.23. The highest BCUT2D eigenvalue weighted by Crippen LogP contribution is 2.33. The summed E-state index contributed by atoms with van der Waals surface area (Å²) in [5.41, 5.74) is 0. The molecular formula is C14H11N3O2S4. The van der Waals surface area contributed by atoms with Gasteiger partial charge in [-0.2, -0.15) is 0 Å². The number of anilines is 1. The summed E-state index contributed by atoms with van der Waals surface area (Å²) >= 11 is 9.43. The molecule has 23 heavy (non-hydrogen) atoms. The number of thioether (sulfide) groups is 1. The summed E-state index contributed by atoms with van der Waals surface area (Å²) in [7, 11) is 0. The highest BCUT2D eigenvalue weighted by Gasteiger charge is 2.32. The van der Waals surface area contributed by atoms with Crippen LogP contribution in [0.1, 0.15) is 11.3 Å². The molecule has 0 radical (unpaired) electrons. The molecule has 1 aliphatic heterocycles. The number of carbonyl (C=O) groups is 2. The third kappa shape index (κ3) is 4.05. The molecule has 1 aliphatic rings. The molecule has 0 unspecified atom stereocenters. The summed E-state index contributed by atoms with van der Waals surface area (Å²) in [5.74, 6) is -0.327. The molecule has 3 heterocycles. The predicted octanol–water partition coefficient (Wildman–Crippen LogP) is 3.43. The first-order valence-corrected chi connectivity index (χ1v) is 9.60. The molecule has 2 amide bonds. The molecule has 5 nitrogen and oxygen atoms in total. The van der Waals surface area contributed by atoms with E-state index < -0.39 is 0 Å². The third-order valence-electron chi connectivity index (χ3n) is 2.93. The second-order valence-corrected chi connectivity index (χ2v) is 8.03. The van der Waals surface area contributed by atoms with Gasteiger partial charge in [0.1, 0.15) is 4.32 Å². The minimum Gasteiger partial charge on any atom is -0.302 e. The summed E-state index contributed by atoms with van der Waals surface area (Å²) in [6.45, 7) is 0.268. The quantitative estimate of drug-likeness (QED) is 0.635. The van der Waals surface area contributed by atoms with Gasteiger partial charge in [-0.25, -0.2) is 4.98 Å². The van der Waals surface area contributed by atoms with Crippen molar-refractivity contribution in [3.05, 3.63) is 38.9 Å². The summed E-state index contributed by atoms with van der Waals surface area (Å²) in [5, 5.41) is 6.98. The van der Waals surface area contributed by atoms with Crippen molar-refractivity contribution in [1.82, 2.24) is 9.88 Å². The number of thiocarbonyl (C=S) groups is 1. The van der Waals surface area contributed by atoms with Gasteiger partial charge in [-0.1, -0.05) is 30.0 Å². The maximum absolute atomic E-state index is 12.4. The largest absolute Gasteiger partial charge is 0.302 e. The third-order valence-corrected chi connectivity index (χ3v) is 5.82. The van der Waals surface area contributed by atoms with Gasteiger partial charge in [0.05, 0.1) is 4.91 Å². The lowest BCUT2D eigenvalue weighted by Crippen LogP contribution is -2.31. The van der Waals surface area contributed by atoms with Crippen molar-refractivity contribution < 1.29 is 9.59 Å². The minimum atomic E-state index is -0.184. The number of carbonyl (C=O) groups excluding carboxylic acids is 2. The lowest BCUT2D eigenvalue weighted by atomic mass is 10.3. The van der Waals surface area contributed by atoms with Gasteiger partial charge in [-0.05, 0) is 17.5 Å². The fourth-order valence-corrected chi connectivity index (χ4v) is 4.45. The summed E-state index contributed by atoms with van der Waals surface area (Å²) in [6, 6.07) is 3.87. The molecule has 1 saturated heterocycles. The Hall–Kier alpha value is -1.55. The fourth-order valence-electron chi connectivity index (χ4n) is 1.88. The first-order chi connectivity index (χ1) is 11.1. The summed E-state index contributed by atoms with van der Waals surface area (Å²) < 4.78 is 0.486. The number of aromatic nitrogens is 1. The highest BCUT2D eigenvalue weighted by molar-refractivity contribution is 8.26. The van der Waals surface area contributed by atoms with Crippen LogP contribution in [0.5, 0.6) is 0 Å². The van der Waals surface area contributed by atoms with Gasteiger partial charge in [0.25, 0.3) is 5.91 Å². The number of nitrogens with one attached hydrogen (secondary N) is 1. The molecule has 118 valence electrons. The summed E-state index contributed by atoms with van der Waals surface area (Å²) in [4.78, 5) is 31.3. The number of amides is 2. The van der Waals surface area contributed by atoms with Crippen molar-refractivity contribution in [1.29, 1.82) is 0 Å². The van der Waals surface area contributed by atoms with Gasteiger partial charge in [0.15, 0.2) is 5.13 Å². The van der Waals surface area contributed by atoms with E-state index in [0.717, 1.165) is 4.88 Å². The van der Waals surface area contributed by atoms with E-state index in [1.807, 2.05) is 23.6 Å². The van der Waals surface area contributed by atoms with E-state index >= 15 is 0 Å². The van der Waals surface area contributed by atoms with Crippen molar-refractivity contribution >= 4 is 74.0 Å². The Morgan fingerprint density at radius 2 is 2.26 bits per heavy atom. The second kappa shape index (κ2) is 7.35. The zero-order valence-corrected chi connectivity index (χ0v) is 15.0. The van der Waals surface area contributed by atoms with E-state index in [1.54, 1.807) is 22.9 Å². The Bertz CT molecular complexity index is 753. The van der Waals surface area contributed by atoms with E-state index in [2.05, 4.69) is 10.3 Å². The van der Waals surface area contributed by atoms with Gasteiger partial charge < -0.3 is 5.32 Å². The average molecular weight is 382 g/mol. The lowest BCUT2D eigenvalue weighted by molar-refractivity contribution is -0.122. The van der Waals surface area contributed by atoms with Gasteiger partial charge in [0.2, 0.25) is 5.91 Å². The SMILES string of the molecule is O=C(CCN1C(=O)/C(=C/c2cccs2)SC1=S)Nc1nccs1. The smallest absolute Gasteiger partial charge is 0.266 e. The molecule has 0 bridgehead atoms. The van der Waals surface area contributed by atoms with Crippen LogP contribution in [0.4, 0.5) is 5.13 Å². The van der Waals surface area contributed by atoms with Crippen molar-refractivity contribution in [2.45, 2.75) is 6.42 Å². The Morgan fingerprint density at radius 1 is 1.39 bits per heavy atom. The van der Waals surface area contributed by atoms with Crippen molar-refractivity contribution in [3.8, 4) is 0 Å². The standard InChI is InChI=1S/C14H11N3O2S4/c18-11(16-13-15-4-7-22-13)3-5-17-12(19)10(23-14(17)20)8-9-2-1-6-21-9/h1-2,4,6-8H,3,5H2,(H,15,16,18)/b10-8-. The number of nitrogens with zero attached hydrogens (tertiary/aromatic N) is 2.